The van der Waals surface area contributed by atoms with E-state index in [0.29, 0.717) is 5.69 Å². The maximum atomic E-state index is 13.1. The molecule has 0 aliphatic carbocycles. The second kappa shape index (κ2) is 8.65. The average Bonchev–Trinajstić information content (AvgIpc) is 3.12. The fourth-order valence-corrected chi connectivity index (χ4v) is 3.78. The quantitative estimate of drug-likeness (QED) is 0.405. The van der Waals surface area contributed by atoms with Gasteiger partial charge in [0.15, 0.2) is 21.5 Å². The molecule has 0 saturated heterocycles. The summed E-state index contributed by atoms with van der Waals surface area (Å²) in [7, 11) is 1.29. The van der Waals surface area contributed by atoms with Gasteiger partial charge in [-0.2, -0.15) is 13.2 Å². The smallest absolute Gasteiger partial charge is 0.369 e. The molecule has 0 amide bonds. The van der Waals surface area contributed by atoms with Crippen molar-refractivity contribution >= 4 is 21.9 Å². The lowest BCUT2D eigenvalue weighted by atomic mass is 10.2. The lowest BCUT2D eigenvalue weighted by molar-refractivity contribution is -0.137. The molecule has 0 saturated carbocycles. The molecule has 0 spiro atoms. The van der Waals surface area contributed by atoms with Gasteiger partial charge in [-0.1, -0.05) is 6.92 Å². The molecule has 0 aromatic carbocycles. The fourth-order valence-electron chi connectivity index (χ4n) is 2.74. The third-order valence-electron chi connectivity index (χ3n) is 4.39. The van der Waals surface area contributed by atoms with Crippen LogP contribution in [0.25, 0.3) is 23.0 Å². The number of aliphatic imine (C=N–C) groups is 1. The standard InChI is InChI=1S/C19H20F3N7O2S/c1-5-32(30,31)15-9-13(25-11-28(2)3)10-24-16(15)18-27-26-17(29(18)4)14-8-12(6-7-23-14)19(20,21)22/h6-11H,5H2,1-4H3. The molecule has 170 valence electrons. The summed E-state index contributed by atoms with van der Waals surface area (Å²) < 4.78 is 66.0. The molecule has 0 fully saturated rings. The zero-order valence-electron chi connectivity index (χ0n) is 17.7. The van der Waals surface area contributed by atoms with E-state index in [9.17, 15) is 21.6 Å². The molecule has 3 heterocycles. The normalized spacial score (nSPS) is 12.5. The molecule has 3 aromatic heterocycles. The van der Waals surface area contributed by atoms with E-state index in [-0.39, 0.29) is 33.7 Å². The van der Waals surface area contributed by atoms with Gasteiger partial charge >= 0.3 is 6.18 Å². The van der Waals surface area contributed by atoms with E-state index in [0.717, 1.165) is 18.3 Å². The highest BCUT2D eigenvalue weighted by Gasteiger charge is 2.31. The summed E-state index contributed by atoms with van der Waals surface area (Å²) in [4.78, 5) is 13.9. The molecule has 0 unspecified atom stereocenters. The first-order valence-corrected chi connectivity index (χ1v) is 11.0. The van der Waals surface area contributed by atoms with Crippen LogP contribution in [0.2, 0.25) is 0 Å². The second-order valence-electron chi connectivity index (χ2n) is 6.99. The van der Waals surface area contributed by atoms with Crippen molar-refractivity contribution in [1.82, 2.24) is 29.6 Å². The molecule has 0 bridgehead atoms. The number of halogens is 3. The molecular formula is C19H20F3N7O2S. The molecule has 9 nitrogen and oxygen atoms in total. The van der Waals surface area contributed by atoms with Crippen LogP contribution in [0.3, 0.4) is 0 Å². The lowest BCUT2D eigenvalue weighted by Gasteiger charge is -2.10. The van der Waals surface area contributed by atoms with Gasteiger partial charge < -0.3 is 9.47 Å². The average molecular weight is 467 g/mol. The molecule has 13 heteroatoms. The Hall–Kier alpha value is -3.35. The Balaban J connectivity index is 2.15. The van der Waals surface area contributed by atoms with Gasteiger partial charge in [0.2, 0.25) is 0 Å². The van der Waals surface area contributed by atoms with Gasteiger partial charge in [0, 0.05) is 27.3 Å². The van der Waals surface area contributed by atoms with E-state index in [1.54, 1.807) is 19.0 Å². The molecule has 0 aliphatic heterocycles. The van der Waals surface area contributed by atoms with E-state index in [1.165, 1.54) is 37.1 Å². The highest BCUT2D eigenvalue weighted by Crippen LogP contribution is 2.33. The van der Waals surface area contributed by atoms with Crippen LogP contribution in [0, 0.1) is 0 Å². The zero-order chi connectivity index (χ0) is 23.7. The van der Waals surface area contributed by atoms with E-state index in [2.05, 4.69) is 25.2 Å². The molecule has 0 atom stereocenters. The Bertz CT molecular complexity index is 1270. The van der Waals surface area contributed by atoms with Crippen molar-refractivity contribution in [2.75, 3.05) is 19.8 Å². The van der Waals surface area contributed by atoms with E-state index in [4.69, 9.17) is 0 Å². The topological polar surface area (TPSA) is 106 Å². The predicted octanol–water partition coefficient (Wildman–Crippen LogP) is 2.97. The number of alkyl halides is 3. The van der Waals surface area contributed by atoms with Crippen LogP contribution in [0.1, 0.15) is 12.5 Å². The molecule has 0 N–H and O–H groups in total. The van der Waals surface area contributed by atoms with Gasteiger partial charge in [-0.3, -0.25) is 4.98 Å². The van der Waals surface area contributed by atoms with Gasteiger partial charge in [0.05, 0.1) is 34.4 Å². The van der Waals surface area contributed by atoms with Crippen molar-refractivity contribution < 1.29 is 21.6 Å². The van der Waals surface area contributed by atoms with Gasteiger partial charge in [0.1, 0.15) is 11.4 Å². The Kier molecular flexibility index (Phi) is 6.30. The van der Waals surface area contributed by atoms with Crippen LogP contribution in [0.15, 0.2) is 40.5 Å². The summed E-state index contributed by atoms with van der Waals surface area (Å²) in [6.45, 7) is 1.49. The van der Waals surface area contributed by atoms with E-state index in [1.807, 2.05) is 0 Å². The maximum absolute atomic E-state index is 13.1. The van der Waals surface area contributed by atoms with Crippen molar-refractivity contribution in [3.05, 3.63) is 36.2 Å². The molecule has 32 heavy (non-hydrogen) atoms. The minimum Gasteiger partial charge on any atom is -0.369 e. The van der Waals surface area contributed by atoms with Crippen molar-refractivity contribution in [3.63, 3.8) is 0 Å². The molecule has 0 aliphatic rings. The van der Waals surface area contributed by atoms with E-state index < -0.39 is 21.6 Å². The SMILES string of the molecule is CCS(=O)(=O)c1cc(N=CN(C)C)cnc1-c1nnc(-c2cc(C(F)(F)F)ccn2)n1C. The monoisotopic (exact) mass is 467 g/mol. The first-order valence-electron chi connectivity index (χ1n) is 9.31. The third kappa shape index (κ3) is 4.77. The molecule has 3 rings (SSSR count). The van der Waals surface area contributed by atoms with Crippen LogP contribution in [-0.2, 0) is 23.1 Å². The summed E-state index contributed by atoms with van der Waals surface area (Å²) in [5.41, 5.74) is -0.615. The van der Waals surface area contributed by atoms with Gasteiger partial charge in [-0.25, -0.2) is 18.4 Å². The van der Waals surface area contributed by atoms with Crippen molar-refractivity contribution in [2.45, 2.75) is 18.0 Å². The predicted molar refractivity (Wildman–Crippen MR) is 112 cm³/mol. The molecular weight excluding hydrogens is 447 g/mol. The van der Waals surface area contributed by atoms with Gasteiger partial charge in [0.25, 0.3) is 0 Å². The largest absolute Gasteiger partial charge is 0.416 e. The number of nitrogens with zero attached hydrogens (tertiary/aromatic N) is 7. The Morgan fingerprint density at radius 1 is 1.16 bits per heavy atom. The van der Waals surface area contributed by atoms with Crippen LogP contribution in [0.4, 0.5) is 18.9 Å². The summed E-state index contributed by atoms with van der Waals surface area (Å²) in [5, 5.41) is 7.91. The Labute approximate surface area is 182 Å². The minimum atomic E-state index is -4.55. The van der Waals surface area contributed by atoms with Gasteiger partial charge in [-0.05, 0) is 18.2 Å². The van der Waals surface area contributed by atoms with E-state index >= 15 is 0 Å². The van der Waals surface area contributed by atoms with Crippen LogP contribution in [0.5, 0.6) is 0 Å². The number of aromatic nitrogens is 5. The Morgan fingerprint density at radius 3 is 2.47 bits per heavy atom. The summed E-state index contributed by atoms with van der Waals surface area (Å²) in [6, 6.07) is 3.07. The number of sulfone groups is 1. The zero-order valence-corrected chi connectivity index (χ0v) is 18.5. The van der Waals surface area contributed by atoms with Crippen molar-refractivity contribution in [1.29, 1.82) is 0 Å². The highest BCUT2D eigenvalue weighted by atomic mass is 32.2. The number of pyridine rings is 2. The first-order chi connectivity index (χ1) is 14.9. The summed E-state index contributed by atoms with van der Waals surface area (Å²) >= 11 is 0. The summed E-state index contributed by atoms with van der Waals surface area (Å²) in [5.74, 6) is -0.0978. The van der Waals surface area contributed by atoms with Crippen molar-refractivity contribution in [2.24, 2.45) is 12.0 Å². The maximum Gasteiger partial charge on any atom is 0.416 e. The highest BCUT2D eigenvalue weighted by molar-refractivity contribution is 7.91. The number of rotatable bonds is 6. The fraction of sp³-hybridized carbons (Fsp3) is 0.316. The van der Waals surface area contributed by atoms with Gasteiger partial charge in [-0.15, -0.1) is 10.2 Å². The minimum absolute atomic E-state index is 0.0175. The number of hydrogen-bond donors (Lipinski definition) is 0. The Morgan fingerprint density at radius 2 is 1.84 bits per heavy atom. The lowest BCUT2D eigenvalue weighted by Crippen LogP contribution is -2.10. The summed E-state index contributed by atoms with van der Waals surface area (Å²) in [6.07, 6.45) is -0.652. The number of hydrogen-bond acceptors (Lipinski definition) is 7. The van der Waals surface area contributed by atoms with Crippen LogP contribution < -0.4 is 0 Å². The molecule has 0 radical (unpaired) electrons. The third-order valence-corrected chi connectivity index (χ3v) is 6.14. The van der Waals surface area contributed by atoms with Crippen molar-refractivity contribution in [3.8, 4) is 23.0 Å². The first kappa shape index (κ1) is 23.3. The second-order valence-corrected chi connectivity index (χ2v) is 9.23. The van der Waals surface area contributed by atoms with Crippen LogP contribution >= 0.6 is 0 Å². The molecule has 3 aromatic rings. The van der Waals surface area contributed by atoms with Crippen LogP contribution in [-0.4, -0.2) is 64.2 Å².